The monoisotopic (exact) mass is 331 g/mol. The van der Waals surface area contributed by atoms with E-state index < -0.39 is 10.0 Å². The fraction of sp³-hybridized carbons (Fsp3) is 0.500. The molecule has 0 saturated heterocycles. The molecule has 0 fully saturated rings. The van der Waals surface area contributed by atoms with Crippen LogP contribution in [0.1, 0.15) is 12.8 Å². The van der Waals surface area contributed by atoms with Crippen molar-refractivity contribution < 1.29 is 27.4 Å². The number of benzene rings is 1. The van der Waals surface area contributed by atoms with Crippen LogP contribution in [0.15, 0.2) is 23.1 Å². The molecule has 0 atom stereocenters. The summed E-state index contributed by atoms with van der Waals surface area (Å²) >= 11 is 0. The lowest BCUT2D eigenvalue weighted by atomic mass is 10.3. The van der Waals surface area contributed by atoms with Crippen molar-refractivity contribution in [2.24, 2.45) is 0 Å². The van der Waals surface area contributed by atoms with Gasteiger partial charge < -0.3 is 14.2 Å². The van der Waals surface area contributed by atoms with E-state index in [4.69, 9.17) is 9.47 Å². The Morgan fingerprint density at radius 2 is 1.86 bits per heavy atom. The molecule has 1 aromatic rings. The van der Waals surface area contributed by atoms with Crippen LogP contribution in [0.5, 0.6) is 11.5 Å². The summed E-state index contributed by atoms with van der Waals surface area (Å²) in [5, 5.41) is 0. The van der Waals surface area contributed by atoms with Gasteiger partial charge in [-0.15, -0.1) is 0 Å². The number of ether oxygens (including phenoxy) is 3. The van der Waals surface area contributed by atoms with E-state index in [1.807, 2.05) is 0 Å². The van der Waals surface area contributed by atoms with Gasteiger partial charge >= 0.3 is 5.97 Å². The average Bonchev–Trinajstić information content (AvgIpc) is 2.53. The number of esters is 1. The van der Waals surface area contributed by atoms with E-state index in [1.54, 1.807) is 6.07 Å². The van der Waals surface area contributed by atoms with Crippen molar-refractivity contribution in [2.75, 3.05) is 34.9 Å². The van der Waals surface area contributed by atoms with E-state index in [0.717, 1.165) is 0 Å². The first-order valence-corrected chi connectivity index (χ1v) is 8.06. The highest BCUT2D eigenvalue weighted by Gasteiger charge is 2.25. The maximum absolute atomic E-state index is 12.6. The van der Waals surface area contributed by atoms with Crippen LogP contribution in [0, 0.1) is 0 Å². The fourth-order valence-electron chi connectivity index (χ4n) is 1.82. The summed E-state index contributed by atoms with van der Waals surface area (Å²) < 4.78 is 41.1. The number of carbonyl (C=O) groups excluding carboxylic acids is 1. The van der Waals surface area contributed by atoms with Gasteiger partial charge in [0.2, 0.25) is 10.0 Å². The summed E-state index contributed by atoms with van der Waals surface area (Å²) in [4.78, 5) is 11.1. The number of carbonyl (C=O) groups is 1. The zero-order valence-electron chi connectivity index (χ0n) is 13.2. The molecule has 0 bridgehead atoms. The van der Waals surface area contributed by atoms with Crippen LogP contribution in [0.4, 0.5) is 0 Å². The molecule has 0 spiro atoms. The van der Waals surface area contributed by atoms with Gasteiger partial charge in [-0.1, -0.05) is 0 Å². The number of methoxy groups -OCH3 is 3. The number of hydrogen-bond donors (Lipinski definition) is 0. The fourth-order valence-corrected chi connectivity index (χ4v) is 3.20. The molecule has 1 aromatic carbocycles. The number of rotatable bonds is 8. The van der Waals surface area contributed by atoms with Crippen LogP contribution in [0.3, 0.4) is 0 Å². The smallest absolute Gasteiger partial charge is 0.305 e. The van der Waals surface area contributed by atoms with E-state index in [2.05, 4.69) is 4.74 Å². The minimum absolute atomic E-state index is 0.0231. The summed E-state index contributed by atoms with van der Waals surface area (Å²) in [6, 6.07) is 4.56. The zero-order chi connectivity index (χ0) is 16.8. The van der Waals surface area contributed by atoms with E-state index in [-0.39, 0.29) is 29.6 Å². The summed E-state index contributed by atoms with van der Waals surface area (Å²) in [7, 11) is 1.86. The Balaban J connectivity index is 2.95. The lowest BCUT2D eigenvalue weighted by Gasteiger charge is -2.19. The lowest BCUT2D eigenvalue weighted by Crippen LogP contribution is -2.28. The molecule has 8 heteroatoms. The maximum atomic E-state index is 12.6. The van der Waals surface area contributed by atoms with E-state index in [0.29, 0.717) is 12.2 Å². The Morgan fingerprint density at radius 1 is 1.18 bits per heavy atom. The highest BCUT2D eigenvalue weighted by molar-refractivity contribution is 7.89. The Morgan fingerprint density at radius 3 is 2.41 bits per heavy atom. The number of sulfonamides is 1. The minimum Gasteiger partial charge on any atom is -0.497 e. The Hall–Kier alpha value is -1.80. The predicted molar refractivity (Wildman–Crippen MR) is 80.6 cm³/mol. The predicted octanol–water partition coefficient (Wildman–Crippen LogP) is 1.28. The van der Waals surface area contributed by atoms with Crippen LogP contribution >= 0.6 is 0 Å². The van der Waals surface area contributed by atoms with Crippen LogP contribution in [0.25, 0.3) is 0 Å². The third-order valence-corrected chi connectivity index (χ3v) is 5.02. The molecule has 7 nitrogen and oxygen atoms in total. The van der Waals surface area contributed by atoms with Gasteiger partial charge in [-0.3, -0.25) is 4.79 Å². The quantitative estimate of drug-likeness (QED) is 0.667. The van der Waals surface area contributed by atoms with E-state index in [9.17, 15) is 13.2 Å². The van der Waals surface area contributed by atoms with Crippen molar-refractivity contribution in [3.05, 3.63) is 18.2 Å². The second-order valence-corrected chi connectivity index (χ2v) is 6.54. The number of nitrogens with zero attached hydrogens (tertiary/aromatic N) is 1. The molecule has 22 heavy (non-hydrogen) atoms. The largest absolute Gasteiger partial charge is 0.497 e. The molecule has 0 heterocycles. The highest BCUT2D eigenvalue weighted by atomic mass is 32.2. The molecule has 1 rings (SSSR count). The Kier molecular flexibility index (Phi) is 6.63. The molecule has 0 aliphatic rings. The minimum atomic E-state index is -3.74. The average molecular weight is 331 g/mol. The molecular weight excluding hydrogens is 310 g/mol. The first-order valence-electron chi connectivity index (χ1n) is 6.62. The molecule has 124 valence electrons. The lowest BCUT2D eigenvalue weighted by molar-refractivity contribution is -0.140. The molecule has 0 radical (unpaired) electrons. The normalized spacial score (nSPS) is 11.3. The van der Waals surface area contributed by atoms with Crippen molar-refractivity contribution in [3.63, 3.8) is 0 Å². The summed E-state index contributed by atoms with van der Waals surface area (Å²) in [5.41, 5.74) is 0. The molecular formula is C14H21NO6S. The van der Waals surface area contributed by atoms with E-state index in [1.165, 1.54) is 44.8 Å². The molecule has 0 saturated carbocycles. The summed E-state index contributed by atoms with van der Waals surface area (Å²) in [6.07, 6.45) is 0.528. The van der Waals surface area contributed by atoms with Gasteiger partial charge in [0.25, 0.3) is 0 Å². The van der Waals surface area contributed by atoms with Crippen molar-refractivity contribution in [1.29, 1.82) is 0 Å². The van der Waals surface area contributed by atoms with Crippen LogP contribution in [0.2, 0.25) is 0 Å². The molecule has 0 amide bonds. The third kappa shape index (κ3) is 4.35. The summed E-state index contributed by atoms with van der Waals surface area (Å²) in [6.45, 7) is 0.192. The second kappa shape index (κ2) is 8.00. The van der Waals surface area contributed by atoms with Crippen molar-refractivity contribution >= 4 is 16.0 Å². The van der Waals surface area contributed by atoms with Crippen molar-refractivity contribution in [2.45, 2.75) is 17.7 Å². The van der Waals surface area contributed by atoms with Gasteiger partial charge in [-0.25, -0.2) is 12.7 Å². The van der Waals surface area contributed by atoms with Gasteiger partial charge in [-0.05, 0) is 18.6 Å². The first-order chi connectivity index (χ1) is 10.4. The molecule has 0 aliphatic heterocycles. The Bertz CT molecular complexity index is 614. The molecule has 0 N–H and O–H groups in total. The van der Waals surface area contributed by atoms with Crippen LogP contribution in [-0.2, 0) is 19.6 Å². The van der Waals surface area contributed by atoms with Gasteiger partial charge in [0.1, 0.15) is 16.4 Å². The Labute approximate surface area is 130 Å². The van der Waals surface area contributed by atoms with Gasteiger partial charge in [0.15, 0.2) is 0 Å². The third-order valence-electron chi connectivity index (χ3n) is 3.14. The maximum Gasteiger partial charge on any atom is 0.305 e. The molecule has 0 aromatic heterocycles. The second-order valence-electron chi connectivity index (χ2n) is 4.52. The zero-order valence-corrected chi connectivity index (χ0v) is 14.0. The SMILES string of the molecule is COC(=O)CCCN(C)S(=O)(=O)c1cc(OC)ccc1OC. The number of hydrogen-bond acceptors (Lipinski definition) is 6. The van der Waals surface area contributed by atoms with Gasteiger partial charge in [0.05, 0.1) is 21.3 Å². The highest BCUT2D eigenvalue weighted by Crippen LogP contribution is 2.30. The topological polar surface area (TPSA) is 82.1 Å². The van der Waals surface area contributed by atoms with Crippen LogP contribution < -0.4 is 9.47 Å². The molecule has 0 unspecified atom stereocenters. The first kappa shape index (κ1) is 18.2. The summed E-state index contributed by atoms with van der Waals surface area (Å²) in [5.74, 6) is 0.285. The van der Waals surface area contributed by atoms with E-state index >= 15 is 0 Å². The standard InChI is InChI=1S/C14H21NO6S/c1-15(9-5-6-14(16)21-4)22(17,18)13-10-11(19-2)7-8-12(13)20-3/h7-8,10H,5-6,9H2,1-4H3. The van der Waals surface area contributed by atoms with Gasteiger partial charge in [-0.2, -0.15) is 0 Å². The van der Waals surface area contributed by atoms with Crippen molar-refractivity contribution in [3.8, 4) is 11.5 Å². The van der Waals surface area contributed by atoms with Gasteiger partial charge in [0, 0.05) is 26.1 Å². The van der Waals surface area contributed by atoms with Crippen LogP contribution in [-0.4, -0.2) is 53.6 Å². The van der Waals surface area contributed by atoms with Crippen molar-refractivity contribution in [1.82, 2.24) is 4.31 Å². The molecule has 0 aliphatic carbocycles.